The fraction of sp³-hybridized carbons (Fsp3) is 0.452. The number of anilines is 4. The summed E-state index contributed by atoms with van der Waals surface area (Å²) in [7, 11) is 0. The first-order chi connectivity index (χ1) is 18.6. The first-order valence-electron chi connectivity index (χ1n) is 14.0. The average molecular weight is 516 g/mol. The second-order valence-electron chi connectivity index (χ2n) is 10.8. The fourth-order valence-corrected chi connectivity index (χ4v) is 6.20. The summed E-state index contributed by atoms with van der Waals surface area (Å²) >= 11 is 0. The van der Waals surface area contributed by atoms with Gasteiger partial charge in [0.1, 0.15) is 5.82 Å². The second kappa shape index (κ2) is 12.5. The number of piperidine rings is 2. The lowest BCUT2D eigenvalue weighted by molar-refractivity contribution is -0.0457. The molecule has 3 aromatic rings. The smallest absolute Gasteiger partial charge is 0.149 e. The molecule has 2 saturated heterocycles. The summed E-state index contributed by atoms with van der Waals surface area (Å²) in [6, 6.07) is 24.6. The Morgan fingerprint density at radius 2 is 1.21 bits per heavy atom. The Morgan fingerprint density at radius 3 is 1.66 bits per heavy atom. The number of aromatic nitrogens is 1. The number of benzene rings is 2. The summed E-state index contributed by atoms with van der Waals surface area (Å²) in [5.41, 5.74) is 9.16. The van der Waals surface area contributed by atoms with Crippen LogP contribution in [0.1, 0.15) is 25.7 Å². The minimum atomic E-state index is -0.604. The van der Waals surface area contributed by atoms with Gasteiger partial charge in [-0.15, -0.1) is 0 Å². The quantitative estimate of drug-likeness (QED) is 0.338. The molecule has 0 saturated carbocycles. The Hall–Kier alpha value is -3.29. The predicted molar refractivity (Wildman–Crippen MR) is 155 cm³/mol. The Kier molecular flexibility index (Phi) is 8.66. The van der Waals surface area contributed by atoms with Gasteiger partial charge in [0, 0.05) is 56.2 Å². The van der Waals surface area contributed by atoms with Crippen LogP contribution in [-0.2, 0) is 0 Å². The molecule has 2 unspecified atom stereocenters. The fourth-order valence-electron chi connectivity index (χ4n) is 6.20. The van der Waals surface area contributed by atoms with E-state index in [1.165, 1.54) is 11.4 Å². The number of aliphatic hydroxyl groups is 2. The van der Waals surface area contributed by atoms with E-state index in [1.54, 1.807) is 6.20 Å². The first-order valence-corrected chi connectivity index (χ1v) is 14.0. The highest BCUT2D eigenvalue weighted by atomic mass is 16.3. The van der Waals surface area contributed by atoms with Gasteiger partial charge in [-0.2, -0.15) is 0 Å². The molecule has 3 heterocycles. The summed E-state index contributed by atoms with van der Waals surface area (Å²) in [6.07, 6.45) is 4.10. The van der Waals surface area contributed by atoms with Crippen LogP contribution in [0.15, 0.2) is 79.0 Å². The van der Waals surface area contributed by atoms with E-state index in [1.807, 2.05) is 24.3 Å². The molecule has 0 spiro atoms. The van der Waals surface area contributed by atoms with E-state index in [-0.39, 0.29) is 17.8 Å². The van der Waals surface area contributed by atoms with E-state index in [9.17, 15) is 10.2 Å². The zero-order valence-corrected chi connectivity index (χ0v) is 22.1. The van der Waals surface area contributed by atoms with Gasteiger partial charge in [0.05, 0.1) is 17.9 Å². The standard InChI is InChI=1S/C31H41N5O2/c32-28-12-7-17-33-31(28)34-22-27(29(37)23-13-18-35(19-14-23)25-8-3-1-4-9-25)30(38)24-15-20-36(21-16-24)26-10-5-2-6-11-26/h1-12,17,23-24,27,29-30,37-38H,13-16,18-22,32H2,(H,33,34). The zero-order valence-electron chi connectivity index (χ0n) is 22.1. The molecule has 2 fully saturated rings. The van der Waals surface area contributed by atoms with Gasteiger partial charge in [0.25, 0.3) is 0 Å². The van der Waals surface area contributed by atoms with Crippen molar-refractivity contribution >= 4 is 22.9 Å². The molecule has 7 nitrogen and oxygen atoms in total. The molecule has 5 N–H and O–H groups in total. The highest BCUT2D eigenvalue weighted by molar-refractivity contribution is 5.60. The lowest BCUT2D eigenvalue weighted by Crippen LogP contribution is -2.49. The molecule has 2 atom stereocenters. The predicted octanol–water partition coefficient (Wildman–Crippen LogP) is 4.25. The molecule has 0 radical (unpaired) electrons. The lowest BCUT2D eigenvalue weighted by atomic mass is 9.76. The highest BCUT2D eigenvalue weighted by Gasteiger charge is 2.39. The van der Waals surface area contributed by atoms with Crippen LogP contribution >= 0.6 is 0 Å². The van der Waals surface area contributed by atoms with Crippen LogP contribution in [0.2, 0.25) is 0 Å². The van der Waals surface area contributed by atoms with Gasteiger partial charge in [0.2, 0.25) is 0 Å². The average Bonchev–Trinajstić information content (AvgIpc) is 2.99. The van der Waals surface area contributed by atoms with Crippen molar-refractivity contribution in [1.82, 2.24) is 4.98 Å². The number of hydrogen-bond acceptors (Lipinski definition) is 7. The van der Waals surface area contributed by atoms with E-state index in [0.717, 1.165) is 51.9 Å². The van der Waals surface area contributed by atoms with E-state index in [4.69, 9.17) is 5.73 Å². The molecule has 0 bridgehead atoms. The molecule has 0 amide bonds. The number of nitrogen functional groups attached to an aromatic ring is 1. The van der Waals surface area contributed by atoms with Crippen molar-refractivity contribution in [2.45, 2.75) is 37.9 Å². The minimum Gasteiger partial charge on any atom is -0.396 e. The zero-order chi connectivity index (χ0) is 26.3. The van der Waals surface area contributed by atoms with E-state index >= 15 is 0 Å². The van der Waals surface area contributed by atoms with Gasteiger partial charge in [0.15, 0.2) is 0 Å². The maximum Gasteiger partial charge on any atom is 0.149 e. The summed E-state index contributed by atoms with van der Waals surface area (Å²) in [4.78, 5) is 9.15. The summed E-state index contributed by atoms with van der Waals surface area (Å²) in [6.45, 7) is 4.06. The highest BCUT2D eigenvalue weighted by Crippen LogP contribution is 2.34. The van der Waals surface area contributed by atoms with Gasteiger partial charge in [-0.1, -0.05) is 36.4 Å². The maximum atomic E-state index is 11.7. The van der Waals surface area contributed by atoms with Crippen LogP contribution in [0.5, 0.6) is 0 Å². The molecule has 1 aromatic heterocycles. The van der Waals surface area contributed by atoms with Crippen molar-refractivity contribution in [2.24, 2.45) is 17.8 Å². The summed E-state index contributed by atoms with van der Waals surface area (Å²) in [5, 5.41) is 26.7. The maximum absolute atomic E-state index is 11.7. The van der Waals surface area contributed by atoms with Gasteiger partial charge >= 0.3 is 0 Å². The summed E-state index contributed by atoms with van der Waals surface area (Å²) in [5.74, 6) is 0.580. The molecule has 2 aliphatic rings. The van der Waals surface area contributed by atoms with E-state index in [0.29, 0.717) is 18.1 Å². The number of hydrogen-bond donors (Lipinski definition) is 4. The van der Waals surface area contributed by atoms with E-state index in [2.05, 4.69) is 68.6 Å². The molecular weight excluding hydrogens is 474 g/mol. The molecule has 0 aliphatic carbocycles. The van der Waals surface area contributed by atoms with Crippen molar-refractivity contribution in [3.05, 3.63) is 79.0 Å². The molecule has 2 aromatic carbocycles. The van der Waals surface area contributed by atoms with Crippen LogP contribution in [0.3, 0.4) is 0 Å². The van der Waals surface area contributed by atoms with Crippen LogP contribution in [0.4, 0.5) is 22.9 Å². The SMILES string of the molecule is Nc1cccnc1NCC(C(O)C1CCN(c2ccccc2)CC1)C(O)C1CCN(c2ccccc2)CC1. The third kappa shape index (κ3) is 6.22. The van der Waals surface area contributed by atoms with Crippen molar-refractivity contribution in [3.8, 4) is 0 Å². The Morgan fingerprint density at radius 1 is 0.737 bits per heavy atom. The monoisotopic (exact) mass is 515 g/mol. The van der Waals surface area contributed by atoms with Crippen molar-refractivity contribution in [3.63, 3.8) is 0 Å². The largest absolute Gasteiger partial charge is 0.396 e. The van der Waals surface area contributed by atoms with Crippen molar-refractivity contribution < 1.29 is 10.2 Å². The molecule has 5 rings (SSSR count). The van der Waals surface area contributed by atoms with Crippen molar-refractivity contribution in [1.29, 1.82) is 0 Å². The van der Waals surface area contributed by atoms with Crippen LogP contribution in [0.25, 0.3) is 0 Å². The number of nitrogens with zero attached hydrogens (tertiary/aromatic N) is 3. The number of aliphatic hydroxyl groups excluding tert-OH is 2. The number of pyridine rings is 1. The van der Waals surface area contributed by atoms with Crippen LogP contribution in [-0.4, -0.2) is 60.1 Å². The molecule has 7 heteroatoms. The molecule has 38 heavy (non-hydrogen) atoms. The minimum absolute atomic E-state index is 0.141. The van der Waals surface area contributed by atoms with Crippen LogP contribution in [0, 0.1) is 17.8 Å². The Labute approximate surface area is 226 Å². The second-order valence-corrected chi connectivity index (χ2v) is 10.8. The lowest BCUT2D eigenvalue weighted by Gasteiger charge is -2.42. The normalized spacial score (nSPS) is 19.6. The van der Waals surface area contributed by atoms with Crippen molar-refractivity contribution in [2.75, 3.05) is 53.6 Å². The Bertz CT molecular complexity index is 1050. The number of nitrogens with one attached hydrogen (secondary N) is 1. The number of rotatable bonds is 9. The summed E-state index contributed by atoms with van der Waals surface area (Å²) < 4.78 is 0. The Balaban J connectivity index is 1.25. The molecular formula is C31H41N5O2. The molecule has 2 aliphatic heterocycles. The topological polar surface area (TPSA) is 97.9 Å². The van der Waals surface area contributed by atoms with Gasteiger partial charge in [-0.25, -0.2) is 4.98 Å². The first kappa shape index (κ1) is 26.3. The van der Waals surface area contributed by atoms with Crippen LogP contribution < -0.4 is 20.9 Å². The third-order valence-electron chi connectivity index (χ3n) is 8.51. The number of nitrogens with two attached hydrogens (primary N) is 1. The molecule has 202 valence electrons. The van der Waals surface area contributed by atoms with Gasteiger partial charge < -0.3 is 31.1 Å². The number of para-hydroxylation sites is 2. The van der Waals surface area contributed by atoms with E-state index < -0.39 is 12.2 Å². The van der Waals surface area contributed by atoms with Gasteiger partial charge in [-0.05, 0) is 73.9 Å². The van der Waals surface area contributed by atoms with Gasteiger partial charge in [-0.3, -0.25) is 0 Å². The third-order valence-corrected chi connectivity index (χ3v) is 8.51.